The number of carbonyl (C=O) groups excluding carboxylic acids is 1. The van der Waals surface area contributed by atoms with Gasteiger partial charge in [0.1, 0.15) is 5.82 Å². The van der Waals surface area contributed by atoms with Crippen molar-refractivity contribution in [2.45, 2.75) is 37.6 Å². The van der Waals surface area contributed by atoms with E-state index in [0.29, 0.717) is 0 Å². The number of hydrogen-bond donors (Lipinski definition) is 2. The average molecular weight is 399 g/mol. The minimum absolute atomic E-state index is 0.00235. The zero-order chi connectivity index (χ0) is 19.3. The molecular formula is C18H20ClFN2O3S. The van der Waals surface area contributed by atoms with Crippen molar-refractivity contribution in [3.05, 3.63) is 58.9 Å². The Morgan fingerprint density at radius 1 is 1.19 bits per heavy atom. The molecule has 0 aliphatic carbocycles. The van der Waals surface area contributed by atoms with E-state index in [4.69, 9.17) is 11.6 Å². The van der Waals surface area contributed by atoms with Gasteiger partial charge in [0, 0.05) is 11.6 Å². The molecule has 0 radical (unpaired) electrons. The first-order valence-corrected chi connectivity index (χ1v) is 9.98. The highest BCUT2D eigenvalue weighted by Gasteiger charge is 2.18. The molecule has 5 nitrogen and oxygen atoms in total. The van der Waals surface area contributed by atoms with Crippen molar-refractivity contribution in [1.82, 2.24) is 5.32 Å². The normalized spacial score (nSPS) is 12.5. The summed E-state index contributed by atoms with van der Waals surface area (Å²) in [5.74, 6) is -0.855. The second kappa shape index (κ2) is 8.51. The number of halogens is 2. The maximum Gasteiger partial charge on any atom is 0.261 e. The standard InChI is InChI=1S/C18H20ClFN2O3S/c1-3-4-12(2)21-18(23)13-5-10-16(19)17(11-13)22-26(24,25)15-8-6-14(20)7-9-15/h5-12,22H,3-4H2,1-2H3,(H,21,23)/t12-/m0/s1. The van der Waals surface area contributed by atoms with Gasteiger partial charge >= 0.3 is 0 Å². The second-order valence-electron chi connectivity index (χ2n) is 5.92. The Morgan fingerprint density at radius 3 is 2.46 bits per heavy atom. The smallest absolute Gasteiger partial charge is 0.261 e. The summed E-state index contributed by atoms with van der Waals surface area (Å²) in [6.45, 7) is 3.92. The van der Waals surface area contributed by atoms with Crippen LogP contribution in [0.2, 0.25) is 5.02 Å². The fourth-order valence-corrected chi connectivity index (χ4v) is 3.67. The van der Waals surface area contributed by atoms with Crippen LogP contribution in [0, 0.1) is 5.82 Å². The van der Waals surface area contributed by atoms with Crippen LogP contribution in [0.3, 0.4) is 0 Å². The SMILES string of the molecule is CCC[C@H](C)NC(=O)c1ccc(Cl)c(NS(=O)(=O)c2ccc(F)cc2)c1. The fourth-order valence-electron chi connectivity index (χ4n) is 2.37. The predicted octanol–water partition coefficient (Wildman–Crippen LogP) is 4.20. The number of sulfonamides is 1. The van der Waals surface area contributed by atoms with Crippen LogP contribution in [0.1, 0.15) is 37.0 Å². The molecular weight excluding hydrogens is 379 g/mol. The van der Waals surface area contributed by atoms with Crippen molar-refractivity contribution in [3.8, 4) is 0 Å². The molecule has 0 fully saturated rings. The van der Waals surface area contributed by atoms with Gasteiger partial charge in [-0.25, -0.2) is 12.8 Å². The largest absolute Gasteiger partial charge is 0.350 e. The molecule has 0 aliphatic rings. The molecule has 2 rings (SSSR count). The lowest BCUT2D eigenvalue weighted by atomic mass is 10.1. The van der Waals surface area contributed by atoms with Crippen molar-refractivity contribution in [2.24, 2.45) is 0 Å². The van der Waals surface area contributed by atoms with E-state index >= 15 is 0 Å². The molecule has 0 saturated carbocycles. The summed E-state index contributed by atoms with van der Waals surface area (Å²) in [5.41, 5.74) is 0.362. The van der Waals surface area contributed by atoms with Crippen molar-refractivity contribution < 1.29 is 17.6 Å². The molecule has 1 atom stereocenters. The molecule has 2 aromatic rings. The van der Waals surface area contributed by atoms with Crippen molar-refractivity contribution in [1.29, 1.82) is 0 Å². The van der Waals surface area contributed by atoms with Gasteiger partial charge in [0.15, 0.2) is 0 Å². The van der Waals surface area contributed by atoms with Crippen molar-refractivity contribution >= 4 is 33.2 Å². The average Bonchev–Trinajstić information content (AvgIpc) is 2.57. The van der Waals surface area contributed by atoms with E-state index in [9.17, 15) is 17.6 Å². The molecule has 2 aromatic carbocycles. The zero-order valence-electron chi connectivity index (χ0n) is 14.4. The Morgan fingerprint density at radius 2 is 1.85 bits per heavy atom. The first-order chi connectivity index (χ1) is 12.2. The third kappa shape index (κ3) is 5.19. The Bertz CT molecular complexity index is 886. The third-order valence-electron chi connectivity index (χ3n) is 3.70. The molecule has 8 heteroatoms. The van der Waals surface area contributed by atoms with Crippen molar-refractivity contribution in [3.63, 3.8) is 0 Å². The van der Waals surface area contributed by atoms with Gasteiger partial charge in [-0.15, -0.1) is 0 Å². The first kappa shape index (κ1) is 20.2. The summed E-state index contributed by atoms with van der Waals surface area (Å²) in [4.78, 5) is 12.2. The van der Waals surface area contributed by atoms with Crippen LogP contribution in [0.4, 0.5) is 10.1 Å². The van der Waals surface area contributed by atoms with Gasteiger partial charge in [-0.05, 0) is 55.8 Å². The van der Waals surface area contributed by atoms with Gasteiger partial charge in [-0.1, -0.05) is 24.9 Å². The summed E-state index contributed by atoms with van der Waals surface area (Å²) in [5, 5.41) is 2.99. The van der Waals surface area contributed by atoms with Gasteiger partial charge in [-0.3, -0.25) is 9.52 Å². The molecule has 26 heavy (non-hydrogen) atoms. The summed E-state index contributed by atoms with van der Waals surface area (Å²) >= 11 is 6.06. The topological polar surface area (TPSA) is 75.3 Å². The third-order valence-corrected chi connectivity index (χ3v) is 5.41. The van der Waals surface area contributed by atoms with E-state index in [2.05, 4.69) is 10.0 Å². The van der Waals surface area contributed by atoms with Crippen LogP contribution in [0.15, 0.2) is 47.4 Å². The molecule has 0 heterocycles. The Kier molecular flexibility index (Phi) is 6.61. The summed E-state index contributed by atoms with van der Waals surface area (Å²) in [7, 11) is -3.96. The molecule has 140 valence electrons. The lowest BCUT2D eigenvalue weighted by molar-refractivity contribution is 0.0938. The summed E-state index contributed by atoms with van der Waals surface area (Å²) in [6.07, 6.45) is 1.77. The summed E-state index contributed by atoms with van der Waals surface area (Å²) in [6, 6.07) is 8.74. The highest BCUT2D eigenvalue weighted by Crippen LogP contribution is 2.26. The Hall–Kier alpha value is -2.12. The van der Waals surface area contributed by atoms with E-state index in [1.807, 2.05) is 13.8 Å². The molecule has 0 saturated heterocycles. The predicted molar refractivity (Wildman–Crippen MR) is 100 cm³/mol. The Balaban J connectivity index is 2.24. The number of nitrogens with one attached hydrogen (secondary N) is 2. The maximum atomic E-state index is 13.0. The highest BCUT2D eigenvalue weighted by atomic mass is 35.5. The molecule has 0 bridgehead atoms. The number of rotatable bonds is 7. The van der Waals surface area contributed by atoms with E-state index in [0.717, 1.165) is 37.1 Å². The van der Waals surface area contributed by atoms with E-state index in [-0.39, 0.29) is 33.1 Å². The van der Waals surface area contributed by atoms with Gasteiger partial charge in [0.05, 0.1) is 15.6 Å². The van der Waals surface area contributed by atoms with Crippen LogP contribution in [0.25, 0.3) is 0 Å². The van der Waals surface area contributed by atoms with Crippen molar-refractivity contribution in [2.75, 3.05) is 4.72 Å². The molecule has 0 spiro atoms. The molecule has 0 aromatic heterocycles. The number of anilines is 1. The Labute approximate surface area is 157 Å². The van der Waals surface area contributed by atoms with Crippen LogP contribution in [-0.4, -0.2) is 20.4 Å². The molecule has 1 amide bonds. The van der Waals surface area contributed by atoms with Crippen LogP contribution in [-0.2, 0) is 10.0 Å². The number of amides is 1. The lowest BCUT2D eigenvalue weighted by Crippen LogP contribution is -2.32. The minimum atomic E-state index is -3.96. The van der Waals surface area contributed by atoms with Gasteiger partial charge in [0.2, 0.25) is 0 Å². The van der Waals surface area contributed by atoms with Gasteiger partial charge in [0.25, 0.3) is 15.9 Å². The van der Waals surface area contributed by atoms with Crippen LogP contribution >= 0.6 is 11.6 Å². The van der Waals surface area contributed by atoms with Gasteiger partial charge in [-0.2, -0.15) is 0 Å². The quantitative estimate of drug-likeness (QED) is 0.734. The molecule has 0 unspecified atom stereocenters. The van der Waals surface area contributed by atoms with E-state index < -0.39 is 15.8 Å². The second-order valence-corrected chi connectivity index (χ2v) is 8.01. The highest BCUT2D eigenvalue weighted by molar-refractivity contribution is 7.92. The minimum Gasteiger partial charge on any atom is -0.350 e. The first-order valence-electron chi connectivity index (χ1n) is 8.11. The van der Waals surface area contributed by atoms with Crippen LogP contribution in [0.5, 0.6) is 0 Å². The number of benzene rings is 2. The fraction of sp³-hybridized carbons (Fsp3) is 0.278. The molecule has 0 aliphatic heterocycles. The monoisotopic (exact) mass is 398 g/mol. The molecule has 2 N–H and O–H groups in total. The number of hydrogen-bond acceptors (Lipinski definition) is 3. The zero-order valence-corrected chi connectivity index (χ0v) is 16.0. The summed E-state index contributed by atoms with van der Waals surface area (Å²) < 4.78 is 40.2. The lowest BCUT2D eigenvalue weighted by Gasteiger charge is -2.14. The number of carbonyl (C=O) groups is 1. The van der Waals surface area contributed by atoms with Crippen LogP contribution < -0.4 is 10.0 Å². The van der Waals surface area contributed by atoms with E-state index in [1.54, 1.807) is 0 Å². The van der Waals surface area contributed by atoms with Gasteiger partial charge < -0.3 is 5.32 Å². The maximum absolute atomic E-state index is 13.0. The van der Waals surface area contributed by atoms with E-state index in [1.165, 1.54) is 18.2 Å².